The first kappa shape index (κ1) is 14.2. The smallest absolute Gasteiger partial charge is 0.151 e. The summed E-state index contributed by atoms with van der Waals surface area (Å²) in [5, 5.41) is 8.18. The lowest BCUT2D eigenvalue weighted by Crippen LogP contribution is -2.39. The molecule has 5 nitrogen and oxygen atoms in total. The molecule has 0 aliphatic carbocycles. The number of rotatable bonds is 5. The number of nitrogens with two attached hydrogens (primary N) is 1. The largest absolute Gasteiger partial charge is 0.354 e. The second-order valence-corrected chi connectivity index (χ2v) is 5.10. The highest BCUT2D eigenvalue weighted by Gasteiger charge is 2.20. The lowest BCUT2D eigenvalue weighted by Gasteiger charge is -2.29. The standard InChI is InChI=1S/C14H25N5/c1-2-13(6-7-15)18-9-4-10-19(12-11-18)14-5-3-8-16-17-14/h3,5,8,13H,2,4,6-7,9-12,15H2,1H3. The molecule has 0 radical (unpaired) electrons. The van der Waals surface area contributed by atoms with E-state index in [1.54, 1.807) is 6.20 Å². The molecule has 1 aliphatic rings. The maximum absolute atomic E-state index is 5.71. The third-order valence-corrected chi connectivity index (χ3v) is 3.90. The van der Waals surface area contributed by atoms with Gasteiger partial charge in [0.05, 0.1) is 0 Å². The van der Waals surface area contributed by atoms with Gasteiger partial charge in [0.15, 0.2) is 5.82 Å². The summed E-state index contributed by atoms with van der Waals surface area (Å²) in [4.78, 5) is 4.92. The number of aromatic nitrogens is 2. The highest BCUT2D eigenvalue weighted by Crippen LogP contribution is 2.15. The maximum atomic E-state index is 5.71. The van der Waals surface area contributed by atoms with Crippen LogP contribution in [0.4, 0.5) is 5.82 Å². The summed E-state index contributed by atoms with van der Waals surface area (Å²) in [6.45, 7) is 7.38. The zero-order valence-corrected chi connectivity index (χ0v) is 11.8. The van der Waals surface area contributed by atoms with E-state index in [-0.39, 0.29) is 0 Å². The van der Waals surface area contributed by atoms with E-state index in [0.29, 0.717) is 6.04 Å². The Balaban J connectivity index is 1.94. The molecule has 19 heavy (non-hydrogen) atoms. The molecule has 1 aromatic rings. The van der Waals surface area contributed by atoms with Crippen LogP contribution in [0.2, 0.25) is 0 Å². The van der Waals surface area contributed by atoms with Crippen LogP contribution >= 0.6 is 0 Å². The Morgan fingerprint density at radius 2 is 2.21 bits per heavy atom. The minimum Gasteiger partial charge on any atom is -0.354 e. The second kappa shape index (κ2) is 7.40. The Morgan fingerprint density at radius 1 is 1.32 bits per heavy atom. The van der Waals surface area contributed by atoms with E-state index < -0.39 is 0 Å². The molecule has 2 heterocycles. The lowest BCUT2D eigenvalue weighted by atomic mass is 10.1. The van der Waals surface area contributed by atoms with Crippen LogP contribution in [0.15, 0.2) is 18.3 Å². The average molecular weight is 263 g/mol. The summed E-state index contributed by atoms with van der Waals surface area (Å²) in [6.07, 6.45) is 5.18. The predicted octanol–water partition coefficient (Wildman–Crippen LogP) is 1.12. The van der Waals surface area contributed by atoms with Gasteiger partial charge in [-0.05, 0) is 37.9 Å². The van der Waals surface area contributed by atoms with E-state index in [9.17, 15) is 0 Å². The van der Waals surface area contributed by atoms with Crippen LogP contribution < -0.4 is 10.6 Å². The fourth-order valence-corrected chi connectivity index (χ4v) is 2.83. The number of hydrogen-bond donors (Lipinski definition) is 1. The van der Waals surface area contributed by atoms with Gasteiger partial charge in [-0.25, -0.2) is 0 Å². The van der Waals surface area contributed by atoms with Crippen molar-refractivity contribution >= 4 is 5.82 Å². The van der Waals surface area contributed by atoms with Gasteiger partial charge in [0, 0.05) is 38.4 Å². The minimum absolute atomic E-state index is 0.631. The number of nitrogens with zero attached hydrogens (tertiary/aromatic N) is 4. The summed E-state index contributed by atoms with van der Waals surface area (Å²) in [5.74, 6) is 0.997. The fourth-order valence-electron chi connectivity index (χ4n) is 2.83. The molecular formula is C14H25N5. The van der Waals surface area contributed by atoms with Crippen LogP contribution in [-0.4, -0.2) is 53.9 Å². The van der Waals surface area contributed by atoms with Gasteiger partial charge in [-0.15, -0.1) is 5.10 Å². The predicted molar refractivity (Wildman–Crippen MR) is 78.2 cm³/mol. The van der Waals surface area contributed by atoms with Gasteiger partial charge in [-0.2, -0.15) is 5.10 Å². The third kappa shape index (κ3) is 3.88. The third-order valence-electron chi connectivity index (χ3n) is 3.90. The van der Waals surface area contributed by atoms with Crippen LogP contribution in [0, 0.1) is 0 Å². The van der Waals surface area contributed by atoms with E-state index in [2.05, 4.69) is 26.9 Å². The monoisotopic (exact) mass is 263 g/mol. The Bertz CT molecular complexity index is 356. The Morgan fingerprint density at radius 3 is 2.89 bits per heavy atom. The van der Waals surface area contributed by atoms with Gasteiger partial charge >= 0.3 is 0 Å². The summed E-state index contributed by atoms with van der Waals surface area (Å²) < 4.78 is 0. The van der Waals surface area contributed by atoms with Crippen LogP contribution in [-0.2, 0) is 0 Å². The van der Waals surface area contributed by atoms with Crippen molar-refractivity contribution in [2.24, 2.45) is 5.73 Å². The van der Waals surface area contributed by atoms with Crippen molar-refractivity contribution < 1.29 is 0 Å². The highest BCUT2D eigenvalue weighted by molar-refractivity contribution is 5.36. The molecule has 2 rings (SSSR count). The quantitative estimate of drug-likeness (QED) is 0.862. The molecule has 1 atom stereocenters. The zero-order chi connectivity index (χ0) is 13.5. The summed E-state index contributed by atoms with van der Waals surface area (Å²) >= 11 is 0. The summed E-state index contributed by atoms with van der Waals surface area (Å²) in [6, 6.07) is 4.63. The first-order valence-corrected chi connectivity index (χ1v) is 7.32. The van der Waals surface area contributed by atoms with Crippen LogP contribution in [0.25, 0.3) is 0 Å². The van der Waals surface area contributed by atoms with E-state index in [1.807, 2.05) is 12.1 Å². The van der Waals surface area contributed by atoms with Gasteiger partial charge in [-0.1, -0.05) is 6.92 Å². The van der Waals surface area contributed by atoms with Crippen molar-refractivity contribution in [3.05, 3.63) is 18.3 Å². The topological polar surface area (TPSA) is 58.3 Å². The van der Waals surface area contributed by atoms with Crippen molar-refractivity contribution in [1.29, 1.82) is 0 Å². The van der Waals surface area contributed by atoms with Crippen LogP contribution in [0.5, 0.6) is 0 Å². The van der Waals surface area contributed by atoms with Gasteiger partial charge in [0.25, 0.3) is 0 Å². The molecule has 0 aromatic carbocycles. The van der Waals surface area contributed by atoms with E-state index in [0.717, 1.165) is 45.0 Å². The number of anilines is 1. The molecule has 0 spiro atoms. The summed E-state index contributed by atoms with van der Waals surface area (Å²) in [5.41, 5.74) is 5.71. The van der Waals surface area contributed by atoms with E-state index in [4.69, 9.17) is 5.73 Å². The molecule has 0 amide bonds. The van der Waals surface area contributed by atoms with Crippen LogP contribution in [0.1, 0.15) is 26.2 Å². The van der Waals surface area contributed by atoms with Crippen molar-refractivity contribution in [3.63, 3.8) is 0 Å². The SMILES string of the molecule is CCC(CCN)N1CCCN(c2cccnn2)CC1. The molecule has 0 bridgehead atoms. The first-order chi connectivity index (χ1) is 9.35. The molecule has 0 saturated carbocycles. The molecule has 2 N–H and O–H groups in total. The van der Waals surface area contributed by atoms with Gasteiger partial charge < -0.3 is 10.6 Å². The highest BCUT2D eigenvalue weighted by atomic mass is 15.3. The average Bonchev–Trinajstić information content (AvgIpc) is 2.71. The molecule has 1 fully saturated rings. The molecular weight excluding hydrogens is 238 g/mol. The molecule has 1 aliphatic heterocycles. The van der Waals surface area contributed by atoms with Crippen LogP contribution in [0.3, 0.4) is 0 Å². The maximum Gasteiger partial charge on any atom is 0.151 e. The number of hydrogen-bond acceptors (Lipinski definition) is 5. The van der Waals surface area contributed by atoms with Gasteiger partial charge in [0.1, 0.15) is 0 Å². The first-order valence-electron chi connectivity index (χ1n) is 7.32. The van der Waals surface area contributed by atoms with E-state index in [1.165, 1.54) is 12.8 Å². The minimum atomic E-state index is 0.631. The zero-order valence-electron chi connectivity index (χ0n) is 11.8. The van der Waals surface area contributed by atoms with Crippen molar-refractivity contribution in [2.45, 2.75) is 32.2 Å². The molecule has 1 unspecified atom stereocenters. The lowest BCUT2D eigenvalue weighted by molar-refractivity contribution is 0.196. The fraction of sp³-hybridized carbons (Fsp3) is 0.714. The Hall–Kier alpha value is -1.20. The van der Waals surface area contributed by atoms with Gasteiger partial charge in [0.2, 0.25) is 0 Å². The van der Waals surface area contributed by atoms with Gasteiger partial charge in [-0.3, -0.25) is 4.90 Å². The Labute approximate surface area is 115 Å². The molecule has 1 saturated heterocycles. The Kier molecular flexibility index (Phi) is 5.54. The second-order valence-electron chi connectivity index (χ2n) is 5.10. The van der Waals surface area contributed by atoms with Crippen molar-refractivity contribution in [1.82, 2.24) is 15.1 Å². The van der Waals surface area contributed by atoms with Crippen molar-refractivity contribution in [2.75, 3.05) is 37.6 Å². The summed E-state index contributed by atoms with van der Waals surface area (Å²) in [7, 11) is 0. The van der Waals surface area contributed by atoms with E-state index >= 15 is 0 Å². The molecule has 106 valence electrons. The van der Waals surface area contributed by atoms with Crippen molar-refractivity contribution in [3.8, 4) is 0 Å². The normalized spacial score (nSPS) is 19.2. The molecule has 5 heteroatoms. The molecule has 1 aromatic heterocycles.